The number of halogens is 1. The summed E-state index contributed by atoms with van der Waals surface area (Å²) >= 11 is 0. The highest BCUT2D eigenvalue weighted by molar-refractivity contribution is 7.85. The van der Waals surface area contributed by atoms with Gasteiger partial charge in [-0.2, -0.15) is 0 Å². The van der Waals surface area contributed by atoms with Gasteiger partial charge in [-0.05, 0) is 29.8 Å². The van der Waals surface area contributed by atoms with Crippen molar-refractivity contribution in [3.8, 4) is 0 Å². The summed E-state index contributed by atoms with van der Waals surface area (Å²) in [7, 11) is -3.34. The van der Waals surface area contributed by atoms with E-state index in [0.29, 0.717) is 33.7 Å². The lowest BCUT2D eigenvalue weighted by atomic mass is 10.1. The molecule has 6 heteroatoms. The lowest BCUT2D eigenvalue weighted by Gasteiger charge is -2.20. The highest BCUT2D eigenvalue weighted by atomic mass is 31.2. The Bertz CT molecular complexity index is 1890. The maximum Gasteiger partial charge on any atom is 0.255 e. The van der Waals surface area contributed by atoms with Gasteiger partial charge in [0.25, 0.3) is 5.91 Å². The Kier molecular flexibility index (Phi) is 6.18. The van der Waals surface area contributed by atoms with Gasteiger partial charge in [-0.1, -0.05) is 109 Å². The van der Waals surface area contributed by atoms with Crippen LogP contribution >= 0.6 is 7.14 Å². The molecule has 4 nitrogen and oxygen atoms in total. The second kappa shape index (κ2) is 10.0. The van der Waals surface area contributed by atoms with Crippen LogP contribution < -0.4 is 20.8 Å². The fourth-order valence-electron chi connectivity index (χ4n) is 5.94. The van der Waals surface area contributed by atoms with Crippen molar-refractivity contribution in [2.75, 3.05) is 4.90 Å². The molecule has 5 aromatic carbocycles. The van der Waals surface area contributed by atoms with Gasteiger partial charge in [-0.3, -0.25) is 4.79 Å². The van der Waals surface area contributed by atoms with Crippen LogP contribution in [0.4, 0.5) is 10.1 Å². The van der Waals surface area contributed by atoms with Crippen LogP contribution in [0.2, 0.25) is 0 Å². The zero-order valence-electron chi connectivity index (χ0n) is 22.1. The molecule has 7 rings (SSSR count). The molecule has 6 aromatic rings. The minimum atomic E-state index is -3.34. The Labute approximate surface area is 237 Å². The summed E-state index contributed by atoms with van der Waals surface area (Å²) in [5.74, 6) is -0.560. The summed E-state index contributed by atoms with van der Waals surface area (Å²) in [4.78, 5) is 16.0. The predicted molar refractivity (Wildman–Crippen MR) is 164 cm³/mol. The maximum absolute atomic E-state index is 15.4. The molecule has 0 fully saturated rings. The van der Waals surface area contributed by atoms with E-state index >= 15 is 4.57 Å². The van der Waals surface area contributed by atoms with Crippen molar-refractivity contribution in [1.29, 1.82) is 0 Å². The van der Waals surface area contributed by atoms with Gasteiger partial charge in [0, 0.05) is 38.6 Å². The Morgan fingerprint density at radius 2 is 1.29 bits per heavy atom. The fraction of sp³-hybridized carbons (Fsp3) is 0.0571. The molecule has 1 atom stereocenters. The van der Waals surface area contributed by atoms with Crippen LogP contribution in [0.1, 0.15) is 17.2 Å². The molecule has 0 saturated heterocycles. The van der Waals surface area contributed by atoms with E-state index in [1.54, 1.807) is 11.0 Å². The molecule has 0 bridgehead atoms. The van der Waals surface area contributed by atoms with Gasteiger partial charge in [-0.15, -0.1) is 0 Å². The van der Waals surface area contributed by atoms with Gasteiger partial charge in [-0.25, -0.2) is 4.39 Å². The van der Waals surface area contributed by atoms with Gasteiger partial charge >= 0.3 is 0 Å². The number of benzene rings is 5. The first-order chi connectivity index (χ1) is 20.1. The third-order valence-corrected chi connectivity index (χ3v) is 10.9. The topological polar surface area (TPSA) is 42.3 Å². The van der Waals surface area contributed by atoms with E-state index in [-0.39, 0.29) is 5.91 Å². The molecule has 0 aliphatic carbocycles. The molecular weight excluding hydrogens is 530 g/mol. The van der Waals surface area contributed by atoms with Crippen LogP contribution in [0.25, 0.3) is 10.9 Å². The van der Waals surface area contributed by atoms with Gasteiger partial charge in [0.05, 0.1) is 12.2 Å². The highest BCUT2D eigenvalue weighted by Gasteiger charge is 2.41. The average Bonchev–Trinajstić information content (AvgIpc) is 3.53. The van der Waals surface area contributed by atoms with E-state index in [1.165, 1.54) is 12.1 Å². The maximum atomic E-state index is 15.4. The number of hydrogen-bond acceptors (Lipinski definition) is 2. The number of anilines is 1. The molecule has 200 valence electrons. The Balaban J connectivity index is 1.45. The predicted octanol–water partition coefficient (Wildman–Crippen LogP) is 6.56. The number of fused-ring (bicyclic) bond motifs is 2. The largest absolute Gasteiger partial charge is 0.330 e. The molecule has 1 unspecified atom stereocenters. The van der Waals surface area contributed by atoms with Crippen LogP contribution in [-0.2, 0) is 15.9 Å². The highest BCUT2D eigenvalue weighted by Crippen LogP contribution is 2.47. The summed E-state index contributed by atoms with van der Waals surface area (Å²) in [6, 6.07) is 40.2. The number of carbonyl (C=O) groups is 1. The third-order valence-electron chi connectivity index (χ3n) is 7.83. The molecule has 41 heavy (non-hydrogen) atoms. The number of hydrogen-bond donors (Lipinski definition) is 0. The Hall–Kier alpha value is -4.73. The zero-order chi connectivity index (χ0) is 28.0. The number of aromatic nitrogens is 1. The first-order valence-corrected chi connectivity index (χ1v) is 15.2. The van der Waals surface area contributed by atoms with E-state index < -0.39 is 19.0 Å². The molecule has 1 aliphatic heterocycles. The minimum absolute atomic E-state index is 0.156. The second-order valence-electron chi connectivity index (χ2n) is 10.2. The van der Waals surface area contributed by atoms with Crippen molar-refractivity contribution in [3.63, 3.8) is 0 Å². The molecule has 1 aliphatic rings. The van der Waals surface area contributed by atoms with Crippen molar-refractivity contribution < 1.29 is 13.8 Å². The first-order valence-electron chi connectivity index (χ1n) is 13.5. The third kappa shape index (κ3) is 4.13. The zero-order valence-corrected chi connectivity index (χ0v) is 23.0. The van der Waals surface area contributed by atoms with Crippen molar-refractivity contribution in [2.45, 2.75) is 12.6 Å². The van der Waals surface area contributed by atoms with Crippen LogP contribution in [0.5, 0.6) is 0 Å². The number of para-hydroxylation sites is 1. The van der Waals surface area contributed by atoms with Crippen molar-refractivity contribution in [3.05, 3.63) is 157 Å². The van der Waals surface area contributed by atoms with Crippen molar-refractivity contribution >= 4 is 45.6 Å². The molecule has 0 N–H and O–H groups in total. The van der Waals surface area contributed by atoms with Gasteiger partial charge in [0.15, 0.2) is 7.14 Å². The minimum Gasteiger partial charge on any atom is -0.330 e. The lowest BCUT2D eigenvalue weighted by molar-refractivity contribution is -0.119. The van der Waals surface area contributed by atoms with E-state index in [2.05, 4.69) is 0 Å². The molecule has 0 spiro atoms. The fourth-order valence-corrected chi connectivity index (χ4v) is 8.80. The molecule has 0 radical (unpaired) electrons. The van der Waals surface area contributed by atoms with Gasteiger partial charge in [0.2, 0.25) is 0 Å². The Morgan fingerprint density at radius 1 is 0.707 bits per heavy atom. The molecule has 1 amide bonds. The summed E-state index contributed by atoms with van der Waals surface area (Å²) in [6.07, 6.45) is 1.86. The smallest absolute Gasteiger partial charge is 0.255 e. The average molecular weight is 557 g/mol. The summed E-state index contributed by atoms with van der Waals surface area (Å²) in [6.45, 7) is 0.368. The molecule has 2 heterocycles. The number of amides is 1. The normalized spacial score (nSPS) is 14.9. The Morgan fingerprint density at radius 3 is 1.95 bits per heavy atom. The summed E-state index contributed by atoms with van der Waals surface area (Å²) < 4.78 is 32.0. The second-order valence-corrected chi connectivity index (χ2v) is 13.0. The van der Waals surface area contributed by atoms with E-state index in [1.807, 2.05) is 126 Å². The van der Waals surface area contributed by atoms with Crippen LogP contribution in [0.15, 0.2) is 140 Å². The van der Waals surface area contributed by atoms with Crippen LogP contribution in [-0.4, -0.2) is 10.5 Å². The van der Waals surface area contributed by atoms with E-state index in [9.17, 15) is 9.18 Å². The summed E-state index contributed by atoms with van der Waals surface area (Å²) in [5, 5.41) is 2.88. The van der Waals surface area contributed by atoms with Gasteiger partial charge < -0.3 is 14.0 Å². The number of rotatable bonds is 6. The van der Waals surface area contributed by atoms with Gasteiger partial charge in [0.1, 0.15) is 11.9 Å². The van der Waals surface area contributed by atoms with E-state index in [4.69, 9.17) is 0 Å². The SMILES string of the molecule is O=C1C(n2cc(P(=O)(c3ccccc3)c3ccccc3)c3ccccc32)c2cc(F)ccc2N1Cc1ccccc1. The summed E-state index contributed by atoms with van der Waals surface area (Å²) in [5.41, 5.74) is 3.02. The van der Waals surface area contributed by atoms with Crippen LogP contribution in [0, 0.1) is 5.82 Å². The first kappa shape index (κ1) is 25.3. The van der Waals surface area contributed by atoms with Crippen molar-refractivity contribution in [1.82, 2.24) is 4.57 Å². The molecule has 1 aromatic heterocycles. The molecule has 0 saturated carbocycles. The molecular formula is C35H26FN2O2P. The number of nitrogens with zero attached hydrogens (tertiary/aromatic N) is 2. The van der Waals surface area contributed by atoms with Crippen LogP contribution in [0.3, 0.4) is 0 Å². The quantitative estimate of drug-likeness (QED) is 0.218. The van der Waals surface area contributed by atoms with Crippen molar-refractivity contribution in [2.24, 2.45) is 0 Å². The standard InChI is InChI=1S/C35H26FN2O2P/c36-26-20-21-32-30(22-26)34(35(39)38(32)23-25-12-4-1-5-13-25)37-24-33(29-18-10-11-19-31(29)37)41(40,27-14-6-2-7-15-27)28-16-8-3-9-17-28/h1-22,24,34H,23H2. The monoisotopic (exact) mass is 556 g/mol. The number of carbonyl (C=O) groups excluding carboxylic acids is 1. The van der Waals surface area contributed by atoms with E-state index in [0.717, 1.165) is 16.5 Å². The lowest BCUT2D eigenvalue weighted by Crippen LogP contribution is -2.31.